The average Bonchev–Trinajstić information content (AvgIpc) is 3.43. The molecule has 0 aliphatic carbocycles. The van der Waals surface area contributed by atoms with E-state index in [0.29, 0.717) is 31.1 Å². The third-order valence-electron chi connectivity index (χ3n) is 4.61. The summed E-state index contributed by atoms with van der Waals surface area (Å²) in [6.07, 6.45) is 1.37. The number of carbonyl (C=O) groups is 2. The first-order valence-corrected chi connectivity index (χ1v) is 11.3. The van der Waals surface area contributed by atoms with Gasteiger partial charge in [0, 0.05) is 29.3 Å². The topological polar surface area (TPSA) is 62.3 Å². The molecule has 1 N–H and O–H groups in total. The van der Waals surface area contributed by atoms with Gasteiger partial charge in [0.25, 0.3) is 5.91 Å². The number of aromatic nitrogens is 1. The predicted molar refractivity (Wildman–Crippen MR) is 112 cm³/mol. The molecule has 0 atom stereocenters. The molecule has 0 saturated carbocycles. The van der Waals surface area contributed by atoms with E-state index >= 15 is 0 Å². The highest BCUT2D eigenvalue weighted by Gasteiger charge is 2.28. The van der Waals surface area contributed by atoms with Gasteiger partial charge in [-0.1, -0.05) is 6.07 Å². The number of aryl methyl sites for hydroxylation is 1. The summed E-state index contributed by atoms with van der Waals surface area (Å²) in [6, 6.07) is 7.86. The Kier molecular flexibility index (Phi) is 5.38. The molecule has 0 radical (unpaired) electrons. The summed E-state index contributed by atoms with van der Waals surface area (Å²) in [5, 5.41) is 7.47. The quantitative estimate of drug-likeness (QED) is 0.667. The van der Waals surface area contributed by atoms with Crippen molar-refractivity contribution in [3.05, 3.63) is 44.8 Å². The number of thiazole rings is 1. The molecule has 27 heavy (non-hydrogen) atoms. The van der Waals surface area contributed by atoms with Gasteiger partial charge in [-0.2, -0.15) is 0 Å². The molecule has 0 bridgehead atoms. The highest BCUT2D eigenvalue weighted by atomic mass is 32.1. The van der Waals surface area contributed by atoms with Gasteiger partial charge >= 0.3 is 0 Å². The Morgan fingerprint density at radius 2 is 2.00 bits per heavy atom. The average molecular weight is 418 g/mol. The normalized spacial score (nSPS) is 15.1. The number of carbonyl (C=O) groups excluding carboxylic acids is 2. The van der Waals surface area contributed by atoms with Gasteiger partial charge in [0.05, 0.1) is 15.4 Å². The lowest BCUT2D eigenvalue weighted by atomic mass is 9.96. The van der Waals surface area contributed by atoms with Crippen LogP contribution in [0.2, 0.25) is 0 Å². The van der Waals surface area contributed by atoms with E-state index in [4.69, 9.17) is 0 Å². The van der Waals surface area contributed by atoms with Crippen molar-refractivity contribution in [1.29, 1.82) is 0 Å². The van der Waals surface area contributed by atoms with Crippen LogP contribution in [0.1, 0.15) is 27.4 Å². The van der Waals surface area contributed by atoms with Crippen molar-refractivity contribution < 1.29 is 9.59 Å². The zero-order chi connectivity index (χ0) is 18.8. The summed E-state index contributed by atoms with van der Waals surface area (Å²) in [5.41, 5.74) is 0.907. The number of nitrogens with zero attached hydrogens (tertiary/aromatic N) is 2. The third kappa shape index (κ3) is 4.12. The van der Waals surface area contributed by atoms with Crippen LogP contribution in [0.15, 0.2) is 35.0 Å². The lowest BCUT2D eigenvalue weighted by Gasteiger charge is -2.30. The van der Waals surface area contributed by atoms with Gasteiger partial charge in [-0.3, -0.25) is 9.59 Å². The number of nitrogens with one attached hydrogen (secondary N) is 1. The molecule has 1 saturated heterocycles. The lowest BCUT2D eigenvalue weighted by molar-refractivity contribution is -0.121. The maximum atomic E-state index is 12.6. The standard InChI is InChI=1S/C19H19N3O2S3/c1-12-4-5-15(27-12)14-11-26-19(20-14)21-17(23)13-6-8-22(9-7-13)18(24)16-3-2-10-25-16/h2-5,10-11,13H,6-9H2,1H3,(H,20,21,23). The fraction of sp³-hybridized carbons (Fsp3) is 0.316. The molecule has 140 valence electrons. The molecule has 3 aromatic rings. The molecule has 0 unspecified atom stereocenters. The smallest absolute Gasteiger partial charge is 0.263 e. The van der Waals surface area contributed by atoms with Crippen molar-refractivity contribution in [1.82, 2.24) is 9.88 Å². The second-order valence-electron chi connectivity index (χ2n) is 6.48. The molecule has 0 spiro atoms. The minimum Gasteiger partial charge on any atom is -0.338 e. The van der Waals surface area contributed by atoms with Crippen molar-refractivity contribution in [2.45, 2.75) is 19.8 Å². The number of amides is 2. The van der Waals surface area contributed by atoms with Crippen LogP contribution < -0.4 is 5.32 Å². The van der Waals surface area contributed by atoms with Crippen molar-refractivity contribution in [3.63, 3.8) is 0 Å². The van der Waals surface area contributed by atoms with Crippen LogP contribution in [0.5, 0.6) is 0 Å². The van der Waals surface area contributed by atoms with Crippen LogP contribution in [-0.4, -0.2) is 34.8 Å². The Labute approximate surface area is 169 Å². The van der Waals surface area contributed by atoms with Crippen LogP contribution in [0.4, 0.5) is 5.13 Å². The highest BCUT2D eigenvalue weighted by Crippen LogP contribution is 2.31. The molecule has 3 aromatic heterocycles. The van der Waals surface area contributed by atoms with E-state index in [9.17, 15) is 9.59 Å². The molecular formula is C19H19N3O2S3. The Morgan fingerprint density at radius 1 is 1.19 bits per heavy atom. The highest BCUT2D eigenvalue weighted by molar-refractivity contribution is 7.17. The van der Waals surface area contributed by atoms with Crippen LogP contribution in [0, 0.1) is 12.8 Å². The van der Waals surface area contributed by atoms with Gasteiger partial charge in [-0.15, -0.1) is 34.0 Å². The first-order chi connectivity index (χ1) is 13.1. The molecule has 5 nitrogen and oxygen atoms in total. The maximum absolute atomic E-state index is 12.6. The molecule has 2 amide bonds. The fourth-order valence-corrected chi connectivity index (χ4v) is 5.43. The van der Waals surface area contributed by atoms with Gasteiger partial charge in [-0.25, -0.2) is 4.98 Å². The number of hydrogen-bond donors (Lipinski definition) is 1. The van der Waals surface area contributed by atoms with E-state index < -0.39 is 0 Å². The van der Waals surface area contributed by atoms with E-state index in [-0.39, 0.29) is 17.7 Å². The monoisotopic (exact) mass is 417 g/mol. The maximum Gasteiger partial charge on any atom is 0.263 e. The molecule has 0 aromatic carbocycles. The van der Waals surface area contributed by atoms with Crippen molar-refractivity contribution in [2.75, 3.05) is 18.4 Å². The second-order valence-corrected chi connectivity index (χ2v) is 9.57. The molecule has 1 aliphatic heterocycles. The van der Waals surface area contributed by atoms with Gasteiger partial charge < -0.3 is 10.2 Å². The molecule has 1 fully saturated rings. The van der Waals surface area contributed by atoms with E-state index in [0.717, 1.165) is 15.4 Å². The summed E-state index contributed by atoms with van der Waals surface area (Å²) < 4.78 is 0. The number of likely N-dealkylation sites (tertiary alicyclic amines) is 1. The van der Waals surface area contributed by atoms with Crippen molar-refractivity contribution >= 4 is 51.0 Å². The zero-order valence-electron chi connectivity index (χ0n) is 14.8. The van der Waals surface area contributed by atoms with Gasteiger partial charge in [0.2, 0.25) is 5.91 Å². The van der Waals surface area contributed by atoms with Crippen LogP contribution >= 0.6 is 34.0 Å². The lowest BCUT2D eigenvalue weighted by Crippen LogP contribution is -2.41. The number of thiophene rings is 2. The fourth-order valence-electron chi connectivity index (χ4n) is 3.12. The minimum atomic E-state index is -0.0753. The third-order valence-corrected chi connectivity index (χ3v) is 7.25. The SMILES string of the molecule is Cc1ccc(-c2csc(NC(=O)C3CCN(C(=O)c4cccs4)CC3)n2)s1. The predicted octanol–water partition coefficient (Wildman–Crippen LogP) is 4.73. The summed E-state index contributed by atoms with van der Waals surface area (Å²) in [5.74, 6) is -0.00475. The Balaban J connectivity index is 1.32. The number of piperidine rings is 1. The molecule has 8 heteroatoms. The molecular weight excluding hydrogens is 398 g/mol. The first-order valence-electron chi connectivity index (χ1n) is 8.76. The molecule has 4 rings (SSSR count). The van der Waals surface area contributed by atoms with Crippen LogP contribution in [-0.2, 0) is 4.79 Å². The molecule has 4 heterocycles. The van der Waals surface area contributed by atoms with Crippen LogP contribution in [0.25, 0.3) is 10.6 Å². The number of rotatable bonds is 4. The number of hydrogen-bond acceptors (Lipinski definition) is 6. The summed E-state index contributed by atoms with van der Waals surface area (Å²) >= 11 is 4.61. The summed E-state index contributed by atoms with van der Waals surface area (Å²) in [6.45, 7) is 3.30. The minimum absolute atomic E-state index is 0.00137. The van der Waals surface area contributed by atoms with Gasteiger partial charge in [0.15, 0.2) is 5.13 Å². The first kappa shape index (κ1) is 18.3. The Morgan fingerprint density at radius 3 is 2.67 bits per heavy atom. The van der Waals surface area contributed by atoms with E-state index in [2.05, 4.69) is 29.4 Å². The van der Waals surface area contributed by atoms with E-state index in [1.807, 2.05) is 27.8 Å². The van der Waals surface area contributed by atoms with Gasteiger partial charge in [-0.05, 0) is 43.3 Å². The number of anilines is 1. The van der Waals surface area contributed by atoms with E-state index in [1.165, 1.54) is 27.6 Å². The van der Waals surface area contributed by atoms with Crippen LogP contribution in [0.3, 0.4) is 0 Å². The molecule has 1 aliphatic rings. The summed E-state index contributed by atoms with van der Waals surface area (Å²) in [4.78, 5) is 34.5. The summed E-state index contributed by atoms with van der Waals surface area (Å²) in [7, 11) is 0. The zero-order valence-corrected chi connectivity index (χ0v) is 17.3. The van der Waals surface area contributed by atoms with Crippen molar-refractivity contribution in [2.24, 2.45) is 5.92 Å². The van der Waals surface area contributed by atoms with Gasteiger partial charge in [0.1, 0.15) is 0 Å². The Hall–Kier alpha value is -2.03. The van der Waals surface area contributed by atoms with E-state index in [1.54, 1.807) is 11.3 Å². The Bertz CT molecular complexity index is 937. The largest absolute Gasteiger partial charge is 0.338 e. The van der Waals surface area contributed by atoms with Crippen molar-refractivity contribution in [3.8, 4) is 10.6 Å². The second kappa shape index (κ2) is 7.92.